The summed E-state index contributed by atoms with van der Waals surface area (Å²) in [5, 5.41) is 0. The first-order valence-electron chi connectivity index (χ1n) is 5.69. The van der Waals surface area contributed by atoms with Crippen LogP contribution in [0.2, 0.25) is 0 Å². The first-order chi connectivity index (χ1) is 7.33. The van der Waals surface area contributed by atoms with Crippen LogP contribution in [0, 0.1) is 0 Å². The molecule has 4 heteroatoms. The molecule has 0 radical (unpaired) electrons. The molecule has 0 spiro atoms. The average molecular weight is 228 g/mol. The van der Waals surface area contributed by atoms with E-state index in [0.717, 1.165) is 18.0 Å². The highest BCUT2D eigenvalue weighted by Crippen LogP contribution is 2.30. The summed E-state index contributed by atoms with van der Waals surface area (Å²) in [7, 11) is 1.67. The summed E-state index contributed by atoms with van der Waals surface area (Å²) in [5.41, 5.74) is 1.06. The average Bonchev–Trinajstić information content (AvgIpc) is 2.72. The lowest BCUT2D eigenvalue weighted by Crippen LogP contribution is -2.00. The predicted octanol–water partition coefficient (Wildman–Crippen LogP) is 3.62. The van der Waals surface area contributed by atoms with Crippen molar-refractivity contribution in [3.63, 3.8) is 0 Å². The van der Waals surface area contributed by atoms with Crippen molar-refractivity contribution >= 4 is 11.7 Å². The molecule has 1 aromatic rings. The molecule has 0 aliphatic carbocycles. The normalized spacial score (nSPS) is 12.7. The third kappa shape index (κ3) is 3.45. The molecule has 0 saturated heterocycles. The molecule has 0 bridgehead atoms. The molecular weight excluding hydrogens is 208 g/mol. The van der Waals surface area contributed by atoms with Gasteiger partial charge in [0.2, 0.25) is 5.88 Å². The Morgan fingerprint density at radius 1 is 1.27 bits per heavy atom. The maximum absolute atomic E-state index is 5.21. The fraction of sp³-hybridized carbons (Fsp3) is 0.818. The Hall–Kier alpha value is -0.640. The summed E-state index contributed by atoms with van der Waals surface area (Å²) in [6.45, 7) is 4.43. The molecule has 0 aromatic carbocycles. The number of aromatic nitrogens is 2. The van der Waals surface area contributed by atoms with Gasteiger partial charge in [0.25, 0.3) is 0 Å². The molecule has 3 nitrogen and oxygen atoms in total. The Morgan fingerprint density at radius 3 is 2.67 bits per heavy atom. The summed E-state index contributed by atoms with van der Waals surface area (Å²) in [5.74, 6) is 1.24. The third-order valence-electron chi connectivity index (χ3n) is 2.71. The highest BCUT2D eigenvalue weighted by atomic mass is 32.1. The van der Waals surface area contributed by atoms with Crippen molar-refractivity contribution in [1.82, 2.24) is 8.75 Å². The molecule has 1 aromatic heterocycles. The van der Waals surface area contributed by atoms with Crippen molar-refractivity contribution in [2.45, 2.75) is 51.9 Å². The molecule has 0 fully saturated rings. The minimum absolute atomic E-state index is 0.519. The molecule has 0 N–H and O–H groups in total. The SMILES string of the molecule is CCCCCC(CC)c1nsnc1OC. The smallest absolute Gasteiger partial charge is 0.249 e. The fourth-order valence-electron chi connectivity index (χ4n) is 1.75. The summed E-state index contributed by atoms with van der Waals surface area (Å²) in [4.78, 5) is 0. The fourth-order valence-corrected chi connectivity index (χ4v) is 2.35. The lowest BCUT2D eigenvalue weighted by molar-refractivity contribution is 0.387. The molecule has 86 valence electrons. The summed E-state index contributed by atoms with van der Waals surface area (Å²) in [6, 6.07) is 0. The number of ether oxygens (including phenoxy) is 1. The Bertz CT molecular complexity index is 275. The van der Waals surface area contributed by atoms with Crippen LogP contribution in [0.15, 0.2) is 0 Å². The number of unbranched alkanes of at least 4 members (excludes halogenated alkanes) is 2. The van der Waals surface area contributed by atoms with Crippen molar-refractivity contribution in [1.29, 1.82) is 0 Å². The van der Waals surface area contributed by atoms with Crippen molar-refractivity contribution in [2.75, 3.05) is 7.11 Å². The van der Waals surface area contributed by atoms with Gasteiger partial charge >= 0.3 is 0 Å². The van der Waals surface area contributed by atoms with Gasteiger partial charge in [-0.05, 0) is 12.8 Å². The van der Waals surface area contributed by atoms with E-state index in [-0.39, 0.29) is 0 Å². The minimum atomic E-state index is 0.519. The first kappa shape index (κ1) is 12.4. The van der Waals surface area contributed by atoms with E-state index in [1.807, 2.05) is 0 Å². The lowest BCUT2D eigenvalue weighted by Gasteiger charge is -2.12. The van der Waals surface area contributed by atoms with E-state index in [1.54, 1.807) is 7.11 Å². The van der Waals surface area contributed by atoms with Gasteiger partial charge in [-0.3, -0.25) is 0 Å². The van der Waals surface area contributed by atoms with Gasteiger partial charge in [0.15, 0.2) is 0 Å². The van der Waals surface area contributed by atoms with Gasteiger partial charge in [-0.1, -0.05) is 33.1 Å². The maximum Gasteiger partial charge on any atom is 0.249 e. The van der Waals surface area contributed by atoms with Crippen LogP contribution in [0.25, 0.3) is 0 Å². The molecule has 1 rings (SSSR count). The molecule has 0 aliphatic heterocycles. The van der Waals surface area contributed by atoms with Gasteiger partial charge in [0.05, 0.1) is 18.8 Å². The van der Waals surface area contributed by atoms with Gasteiger partial charge in [-0.2, -0.15) is 4.37 Å². The zero-order valence-corrected chi connectivity index (χ0v) is 10.6. The van der Waals surface area contributed by atoms with Gasteiger partial charge in [0.1, 0.15) is 5.69 Å². The second-order valence-electron chi connectivity index (χ2n) is 3.76. The zero-order chi connectivity index (χ0) is 11.1. The first-order valence-corrected chi connectivity index (χ1v) is 6.42. The van der Waals surface area contributed by atoms with Gasteiger partial charge in [-0.15, -0.1) is 4.37 Å². The second-order valence-corrected chi connectivity index (χ2v) is 4.29. The van der Waals surface area contributed by atoms with Crippen LogP contribution in [-0.2, 0) is 0 Å². The highest BCUT2D eigenvalue weighted by molar-refractivity contribution is 6.99. The van der Waals surface area contributed by atoms with Gasteiger partial charge in [0, 0.05) is 5.92 Å². The standard InChI is InChI=1S/C11H20N2OS/c1-4-6-7-8-9(5-2)10-11(14-3)13-15-12-10/h9H,4-8H2,1-3H3. The van der Waals surface area contributed by atoms with E-state index in [9.17, 15) is 0 Å². The number of nitrogens with zero attached hydrogens (tertiary/aromatic N) is 2. The molecule has 1 unspecified atom stereocenters. The molecule has 0 amide bonds. The Morgan fingerprint density at radius 2 is 2.07 bits per heavy atom. The van der Waals surface area contributed by atoms with Crippen LogP contribution in [0.5, 0.6) is 5.88 Å². The van der Waals surface area contributed by atoms with Crippen molar-refractivity contribution in [3.05, 3.63) is 5.69 Å². The van der Waals surface area contributed by atoms with Crippen molar-refractivity contribution < 1.29 is 4.74 Å². The van der Waals surface area contributed by atoms with Crippen LogP contribution in [-0.4, -0.2) is 15.9 Å². The topological polar surface area (TPSA) is 35.0 Å². The van der Waals surface area contributed by atoms with Crippen molar-refractivity contribution in [3.8, 4) is 5.88 Å². The Kier molecular flexibility index (Phi) is 5.61. The monoisotopic (exact) mass is 228 g/mol. The van der Waals surface area contributed by atoms with E-state index < -0.39 is 0 Å². The maximum atomic E-state index is 5.21. The number of methoxy groups -OCH3 is 1. The summed E-state index contributed by atoms with van der Waals surface area (Å²) in [6.07, 6.45) is 6.16. The predicted molar refractivity (Wildman–Crippen MR) is 63.6 cm³/mol. The number of hydrogen-bond acceptors (Lipinski definition) is 4. The minimum Gasteiger partial charge on any atom is -0.479 e. The quantitative estimate of drug-likeness (QED) is 0.669. The molecule has 0 saturated carbocycles. The van der Waals surface area contributed by atoms with E-state index in [1.165, 1.54) is 37.4 Å². The second kappa shape index (κ2) is 6.77. The summed E-state index contributed by atoms with van der Waals surface area (Å²) < 4.78 is 13.7. The van der Waals surface area contributed by atoms with Crippen LogP contribution >= 0.6 is 11.7 Å². The molecule has 15 heavy (non-hydrogen) atoms. The van der Waals surface area contributed by atoms with Crippen LogP contribution in [0.4, 0.5) is 0 Å². The zero-order valence-electron chi connectivity index (χ0n) is 9.82. The van der Waals surface area contributed by atoms with Crippen molar-refractivity contribution in [2.24, 2.45) is 0 Å². The third-order valence-corrected chi connectivity index (χ3v) is 3.24. The van der Waals surface area contributed by atoms with Crippen LogP contribution < -0.4 is 4.74 Å². The Labute approximate surface area is 96.2 Å². The number of hydrogen-bond donors (Lipinski definition) is 0. The van der Waals surface area contributed by atoms with E-state index in [0.29, 0.717) is 5.92 Å². The lowest BCUT2D eigenvalue weighted by atomic mass is 9.95. The van der Waals surface area contributed by atoms with Crippen LogP contribution in [0.1, 0.15) is 57.6 Å². The van der Waals surface area contributed by atoms with Gasteiger partial charge < -0.3 is 4.74 Å². The molecular formula is C11H20N2OS. The highest BCUT2D eigenvalue weighted by Gasteiger charge is 2.18. The molecule has 0 aliphatic rings. The van der Waals surface area contributed by atoms with Gasteiger partial charge in [-0.25, -0.2) is 0 Å². The van der Waals surface area contributed by atoms with E-state index in [2.05, 4.69) is 22.6 Å². The molecule has 1 atom stereocenters. The van der Waals surface area contributed by atoms with E-state index in [4.69, 9.17) is 4.74 Å². The van der Waals surface area contributed by atoms with Crippen LogP contribution in [0.3, 0.4) is 0 Å². The Balaban J connectivity index is 2.57. The largest absolute Gasteiger partial charge is 0.479 e. The molecule has 1 heterocycles. The number of rotatable bonds is 7. The summed E-state index contributed by atoms with van der Waals surface area (Å²) >= 11 is 1.25. The van der Waals surface area contributed by atoms with E-state index >= 15 is 0 Å².